The van der Waals surface area contributed by atoms with Gasteiger partial charge in [0.25, 0.3) is 0 Å². The van der Waals surface area contributed by atoms with Crippen molar-refractivity contribution >= 4 is 11.8 Å². The predicted octanol–water partition coefficient (Wildman–Crippen LogP) is 2.83. The van der Waals surface area contributed by atoms with Gasteiger partial charge in [-0.2, -0.15) is 0 Å². The molecule has 0 saturated heterocycles. The lowest BCUT2D eigenvalue weighted by Crippen LogP contribution is -2.31. The van der Waals surface area contributed by atoms with E-state index in [0.717, 1.165) is 12.8 Å². The molecule has 96 valence electrons. The molecule has 0 aliphatic carbocycles. The van der Waals surface area contributed by atoms with E-state index in [0.29, 0.717) is 0 Å². The molecular weight excluding hydrogens is 230 g/mol. The summed E-state index contributed by atoms with van der Waals surface area (Å²) in [5.74, 6) is 1.17. The molecule has 3 heteroatoms. The van der Waals surface area contributed by atoms with E-state index in [2.05, 4.69) is 31.2 Å². The molecule has 0 aliphatic heterocycles. The molecular formula is C14H23NOS. The Hall–Kier alpha value is -0.510. The Morgan fingerprint density at radius 1 is 1.29 bits per heavy atom. The second kappa shape index (κ2) is 7.75. The van der Waals surface area contributed by atoms with Crippen LogP contribution < -0.4 is 5.73 Å². The highest BCUT2D eigenvalue weighted by molar-refractivity contribution is 7.99. The van der Waals surface area contributed by atoms with Crippen LogP contribution >= 0.6 is 11.8 Å². The van der Waals surface area contributed by atoms with E-state index in [4.69, 9.17) is 5.73 Å². The summed E-state index contributed by atoms with van der Waals surface area (Å²) in [6, 6.07) is 8.47. The SMILES string of the molecule is CCCSc1ccc(CCC(O)C(C)N)cc1. The van der Waals surface area contributed by atoms with Gasteiger partial charge in [0.2, 0.25) is 0 Å². The Kier molecular flexibility index (Phi) is 6.63. The predicted molar refractivity (Wildman–Crippen MR) is 75.4 cm³/mol. The van der Waals surface area contributed by atoms with Crippen LogP contribution in [0.15, 0.2) is 29.2 Å². The zero-order chi connectivity index (χ0) is 12.7. The summed E-state index contributed by atoms with van der Waals surface area (Å²) in [5, 5.41) is 9.63. The maximum absolute atomic E-state index is 9.63. The summed E-state index contributed by atoms with van der Waals surface area (Å²) in [4.78, 5) is 1.32. The fourth-order valence-electron chi connectivity index (χ4n) is 1.55. The molecule has 1 aromatic rings. The second-order valence-electron chi connectivity index (χ2n) is 4.46. The molecule has 1 aromatic carbocycles. The van der Waals surface area contributed by atoms with Crippen LogP contribution in [0.3, 0.4) is 0 Å². The summed E-state index contributed by atoms with van der Waals surface area (Å²) in [6.45, 7) is 4.03. The normalized spacial score (nSPS) is 14.6. The Balaban J connectivity index is 2.40. The Morgan fingerprint density at radius 3 is 2.47 bits per heavy atom. The highest BCUT2D eigenvalue weighted by Gasteiger charge is 2.09. The van der Waals surface area contributed by atoms with Crippen molar-refractivity contribution < 1.29 is 5.11 Å². The molecule has 0 aliphatic rings. The van der Waals surface area contributed by atoms with Gasteiger partial charge in [-0.1, -0.05) is 19.1 Å². The van der Waals surface area contributed by atoms with Crippen molar-refractivity contribution in [1.29, 1.82) is 0 Å². The minimum Gasteiger partial charge on any atom is -0.392 e. The second-order valence-corrected chi connectivity index (χ2v) is 5.63. The number of thioether (sulfide) groups is 1. The molecule has 3 N–H and O–H groups in total. The van der Waals surface area contributed by atoms with Gasteiger partial charge < -0.3 is 10.8 Å². The quantitative estimate of drug-likeness (QED) is 0.735. The van der Waals surface area contributed by atoms with Gasteiger partial charge in [-0.25, -0.2) is 0 Å². The van der Waals surface area contributed by atoms with Gasteiger partial charge >= 0.3 is 0 Å². The number of nitrogens with two attached hydrogens (primary N) is 1. The number of aliphatic hydroxyl groups excluding tert-OH is 1. The molecule has 0 saturated carbocycles. The third-order valence-corrected chi connectivity index (χ3v) is 3.95. The first-order valence-corrected chi connectivity index (χ1v) is 7.27. The highest BCUT2D eigenvalue weighted by Crippen LogP contribution is 2.19. The van der Waals surface area contributed by atoms with Crippen molar-refractivity contribution in [3.8, 4) is 0 Å². The molecule has 0 fully saturated rings. The molecule has 0 aromatic heterocycles. The van der Waals surface area contributed by atoms with E-state index in [1.807, 2.05) is 18.7 Å². The molecule has 17 heavy (non-hydrogen) atoms. The highest BCUT2D eigenvalue weighted by atomic mass is 32.2. The van der Waals surface area contributed by atoms with Gasteiger partial charge in [0, 0.05) is 10.9 Å². The van der Waals surface area contributed by atoms with Gasteiger partial charge in [0.15, 0.2) is 0 Å². The van der Waals surface area contributed by atoms with Crippen LogP contribution in [0.1, 0.15) is 32.3 Å². The van der Waals surface area contributed by atoms with Gasteiger partial charge in [-0.05, 0) is 49.6 Å². The minimum atomic E-state index is -0.399. The molecule has 2 unspecified atom stereocenters. The zero-order valence-corrected chi connectivity index (χ0v) is 11.5. The van der Waals surface area contributed by atoms with Gasteiger partial charge in [-0.3, -0.25) is 0 Å². The Labute approximate surface area is 109 Å². The first-order valence-electron chi connectivity index (χ1n) is 6.29. The van der Waals surface area contributed by atoms with Crippen LogP contribution in [0, 0.1) is 0 Å². The molecule has 0 amide bonds. The van der Waals surface area contributed by atoms with E-state index in [1.54, 1.807) is 0 Å². The standard InChI is InChI=1S/C14H23NOS/c1-3-10-17-13-7-4-12(5-8-13)6-9-14(16)11(2)15/h4-5,7-8,11,14,16H,3,6,9-10,15H2,1-2H3. The molecule has 0 spiro atoms. The summed E-state index contributed by atoms with van der Waals surface area (Å²) in [6.07, 6.45) is 2.43. The number of benzene rings is 1. The fourth-order valence-corrected chi connectivity index (χ4v) is 2.32. The van der Waals surface area contributed by atoms with Gasteiger partial charge in [0.05, 0.1) is 6.10 Å². The van der Waals surface area contributed by atoms with E-state index in [-0.39, 0.29) is 6.04 Å². The number of hydrogen-bond acceptors (Lipinski definition) is 3. The number of hydrogen-bond donors (Lipinski definition) is 2. The van der Waals surface area contributed by atoms with Crippen LogP contribution in [-0.4, -0.2) is 23.0 Å². The monoisotopic (exact) mass is 253 g/mol. The van der Waals surface area contributed by atoms with Crippen LogP contribution in [-0.2, 0) is 6.42 Å². The van der Waals surface area contributed by atoms with Gasteiger partial charge in [-0.15, -0.1) is 11.8 Å². The summed E-state index contributed by atoms with van der Waals surface area (Å²) in [7, 11) is 0. The topological polar surface area (TPSA) is 46.2 Å². The largest absolute Gasteiger partial charge is 0.392 e. The van der Waals surface area contributed by atoms with Crippen LogP contribution in [0.2, 0.25) is 0 Å². The third-order valence-electron chi connectivity index (χ3n) is 2.73. The average molecular weight is 253 g/mol. The lowest BCUT2D eigenvalue weighted by molar-refractivity contribution is 0.141. The minimum absolute atomic E-state index is 0.144. The Morgan fingerprint density at radius 2 is 1.94 bits per heavy atom. The summed E-state index contributed by atoms with van der Waals surface area (Å²) in [5.41, 5.74) is 6.89. The molecule has 2 atom stereocenters. The van der Waals surface area contributed by atoms with Crippen molar-refractivity contribution in [1.82, 2.24) is 0 Å². The average Bonchev–Trinajstić information content (AvgIpc) is 2.34. The summed E-state index contributed by atoms with van der Waals surface area (Å²) >= 11 is 1.89. The van der Waals surface area contributed by atoms with Crippen molar-refractivity contribution in [2.24, 2.45) is 5.73 Å². The first-order chi connectivity index (χ1) is 8.13. The van der Waals surface area contributed by atoms with E-state index in [9.17, 15) is 5.11 Å². The summed E-state index contributed by atoms with van der Waals surface area (Å²) < 4.78 is 0. The van der Waals surface area contributed by atoms with E-state index < -0.39 is 6.10 Å². The fraction of sp³-hybridized carbons (Fsp3) is 0.571. The van der Waals surface area contributed by atoms with Crippen molar-refractivity contribution in [3.63, 3.8) is 0 Å². The number of aryl methyl sites for hydroxylation is 1. The number of aliphatic hydroxyl groups is 1. The van der Waals surface area contributed by atoms with Crippen LogP contribution in [0.25, 0.3) is 0 Å². The molecule has 1 rings (SSSR count). The Bertz CT molecular complexity index is 311. The molecule has 0 heterocycles. The van der Waals surface area contributed by atoms with Crippen molar-refractivity contribution in [3.05, 3.63) is 29.8 Å². The number of rotatable bonds is 7. The lowest BCUT2D eigenvalue weighted by Gasteiger charge is -2.14. The zero-order valence-electron chi connectivity index (χ0n) is 10.7. The van der Waals surface area contributed by atoms with Crippen LogP contribution in [0.4, 0.5) is 0 Å². The molecule has 0 radical (unpaired) electrons. The van der Waals surface area contributed by atoms with E-state index >= 15 is 0 Å². The first kappa shape index (κ1) is 14.6. The third kappa shape index (κ3) is 5.57. The van der Waals surface area contributed by atoms with Crippen molar-refractivity contribution in [2.45, 2.75) is 50.2 Å². The molecule has 2 nitrogen and oxygen atoms in total. The maximum atomic E-state index is 9.63. The van der Waals surface area contributed by atoms with Gasteiger partial charge in [0.1, 0.15) is 0 Å². The van der Waals surface area contributed by atoms with Crippen LogP contribution in [0.5, 0.6) is 0 Å². The van der Waals surface area contributed by atoms with E-state index in [1.165, 1.54) is 22.6 Å². The lowest BCUT2D eigenvalue weighted by atomic mass is 10.0. The van der Waals surface area contributed by atoms with Crippen molar-refractivity contribution in [2.75, 3.05) is 5.75 Å². The molecule has 0 bridgehead atoms. The smallest absolute Gasteiger partial charge is 0.0691 e. The maximum Gasteiger partial charge on any atom is 0.0691 e.